The number of anilines is 1. The van der Waals surface area contributed by atoms with Crippen LogP contribution in [0.2, 0.25) is 0 Å². The predicted molar refractivity (Wildman–Crippen MR) is 111 cm³/mol. The number of thiazole rings is 1. The van der Waals surface area contributed by atoms with Crippen LogP contribution in [0, 0.1) is 0 Å². The molecule has 2 N–H and O–H groups in total. The lowest BCUT2D eigenvalue weighted by Crippen LogP contribution is -2.40. The second kappa shape index (κ2) is 10.8. The Bertz CT molecular complexity index is 743. The number of amides is 2. The van der Waals surface area contributed by atoms with Gasteiger partial charge in [-0.1, -0.05) is 44.5 Å². The number of nitrogens with zero attached hydrogens (tertiary/aromatic N) is 2. The van der Waals surface area contributed by atoms with Gasteiger partial charge < -0.3 is 10.6 Å². The lowest BCUT2D eigenvalue weighted by Gasteiger charge is -2.18. The van der Waals surface area contributed by atoms with Crippen LogP contribution >= 0.6 is 11.3 Å². The Balaban J connectivity index is 1.92. The summed E-state index contributed by atoms with van der Waals surface area (Å²) in [6.45, 7) is 7.55. The number of likely N-dealkylation sites (N-methyl/N-ethyl adjacent to an activating group) is 2. The summed E-state index contributed by atoms with van der Waals surface area (Å²) < 4.78 is 0. The van der Waals surface area contributed by atoms with Gasteiger partial charge in [-0.05, 0) is 25.5 Å². The first kappa shape index (κ1) is 21.1. The first-order valence-electron chi connectivity index (χ1n) is 9.39. The van der Waals surface area contributed by atoms with Crippen molar-refractivity contribution in [3.63, 3.8) is 0 Å². The van der Waals surface area contributed by atoms with Gasteiger partial charge in [0.1, 0.15) is 0 Å². The van der Waals surface area contributed by atoms with E-state index in [1.165, 1.54) is 16.9 Å². The van der Waals surface area contributed by atoms with Crippen LogP contribution in [-0.2, 0) is 16.0 Å². The summed E-state index contributed by atoms with van der Waals surface area (Å²) in [4.78, 5) is 30.2. The van der Waals surface area contributed by atoms with E-state index in [0.717, 1.165) is 24.1 Å². The molecule has 2 amide bonds. The second-order valence-corrected chi connectivity index (χ2v) is 7.15. The topological polar surface area (TPSA) is 74.3 Å². The zero-order valence-corrected chi connectivity index (χ0v) is 17.1. The Morgan fingerprint density at radius 2 is 1.78 bits per heavy atom. The van der Waals surface area contributed by atoms with E-state index in [9.17, 15) is 9.59 Å². The van der Waals surface area contributed by atoms with Gasteiger partial charge in [-0.15, -0.1) is 11.3 Å². The average Bonchev–Trinajstić information content (AvgIpc) is 3.10. The van der Waals surface area contributed by atoms with Crippen molar-refractivity contribution in [1.29, 1.82) is 0 Å². The molecule has 0 aliphatic rings. The molecule has 7 heteroatoms. The summed E-state index contributed by atoms with van der Waals surface area (Å²) in [6, 6.07) is 8.38. The molecular weight excluding hydrogens is 360 g/mol. The molecule has 0 bridgehead atoms. The number of hydrogen-bond donors (Lipinski definition) is 2. The van der Waals surface area contributed by atoms with Crippen LogP contribution in [0.4, 0.5) is 5.13 Å². The quantitative estimate of drug-likeness (QED) is 0.656. The Morgan fingerprint density at radius 3 is 2.41 bits per heavy atom. The Labute approximate surface area is 165 Å². The molecule has 0 saturated heterocycles. The van der Waals surface area contributed by atoms with Crippen molar-refractivity contribution < 1.29 is 9.59 Å². The Hall–Kier alpha value is -2.25. The number of carbonyl (C=O) groups excluding carboxylic acids is 2. The summed E-state index contributed by atoms with van der Waals surface area (Å²) in [7, 11) is 0. The monoisotopic (exact) mass is 388 g/mol. The Morgan fingerprint density at radius 1 is 1.07 bits per heavy atom. The van der Waals surface area contributed by atoms with Crippen LogP contribution < -0.4 is 10.6 Å². The lowest BCUT2D eigenvalue weighted by molar-refractivity contribution is -0.123. The molecular formula is C20H28N4O2S. The van der Waals surface area contributed by atoms with Gasteiger partial charge in [-0.25, -0.2) is 4.98 Å². The maximum absolute atomic E-state index is 12.3. The molecule has 0 aliphatic carbocycles. The number of rotatable bonds is 10. The molecule has 1 aromatic heterocycles. The normalized spacial score (nSPS) is 10.8. The molecule has 0 aliphatic heterocycles. The molecule has 6 nitrogen and oxygen atoms in total. The van der Waals surface area contributed by atoms with E-state index >= 15 is 0 Å². The third kappa shape index (κ3) is 6.77. The number of hydrogen-bond acceptors (Lipinski definition) is 5. The number of nitrogens with one attached hydrogen (secondary N) is 2. The van der Waals surface area contributed by atoms with Gasteiger partial charge in [0.05, 0.1) is 18.8 Å². The smallest absolute Gasteiger partial charge is 0.240 e. The molecule has 2 rings (SSSR count). The van der Waals surface area contributed by atoms with Gasteiger partial charge in [0.2, 0.25) is 11.8 Å². The number of carbonyl (C=O) groups is 2. The third-order valence-electron chi connectivity index (χ3n) is 4.09. The molecule has 1 aromatic carbocycles. The van der Waals surface area contributed by atoms with Crippen LogP contribution in [0.25, 0.3) is 11.3 Å². The van der Waals surface area contributed by atoms with E-state index in [1.807, 2.05) is 19.2 Å². The van der Waals surface area contributed by atoms with Crippen LogP contribution in [-0.4, -0.2) is 47.9 Å². The van der Waals surface area contributed by atoms with Gasteiger partial charge in [0, 0.05) is 17.5 Å². The molecule has 146 valence electrons. The van der Waals surface area contributed by atoms with Crippen molar-refractivity contribution in [2.75, 3.05) is 31.5 Å². The zero-order chi connectivity index (χ0) is 19.6. The predicted octanol–water partition coefficient (Wildman–Crippen LogP) is 3.16. The van der Waals surface area contributed by atoms with E-state index < -0.39 is 0 Å². The van der Waals surface area contributed by atoms with Gasteiger partial charge in [-0.2, -0.15) is 0 Å². The first-order chi connectivity index (χ1) is 13.0. The minimum absolute atomic E-state index is 0.0739. The molecule has 0 spiro atoms. The summed E-state index contributed by atoms with van der Waals surface area (Å²) in [5, 5.41) is 8.09. The second-order valence-electron chi connectivity index (χ2n) is 6.29. The van der Waals surface area contributed by atoms with Crippen molar-refractivity contribution >= 4 is 28.3 Å². The minimum Gasteiger partial charge on any atom is -0.355 e. The fourth-order valence-electron chi connectivity index (χ4n) is 2.69. The fraction of sp³-hybridized carbons (Fsp3) is 0.450. The number of benzene rings is 1. The molecule has 0 fully saturated rings. The summed E-state index contributed by atoms with van der Waals surface area (Å²) in [5.41, 5.74) is 3.21. The molecule has 1 heterocycles. The molecule has 27 heavy (non-hydrogen) atoms. The summed E-state index contributed by atoms with van der Waals surface area (Å²) in [5.74, 6) is -0.240. The van der Waals surface area contributed by atoms with Gasteiger partial charge in [0.15, 0.2) is 5.13 Å². The van der Waals surface area contributed by atoms with E-state index in [-0.39, 0.29) is 24.9 Å². The van der Waals surface area contributed by atoms with E-state index in [4.69, 9.17) is 0 Å². The molecule has 0 atom stereocenters. The van der Waals surface area contributed by atoms with Crippen molar-refractivity contribution in [2.24, 2.45) is 0 Å². The maximum atomic E-state index is 12.3. The zero-order valence-electron chi connectivity index (χ0n) is 16.2. The SMILES string of the molecule is CCCc1ccc(-c2csc(NC(=O)CN(CC)CC(=O)NCC)n2)cc1. The molecule has 0 radical (unpaired) electrons. The lowest BCUT2D eigenvalue weighted by atomic mass is 10.1. The molecule has 2 aromatic rings. The van der Waals surface area contributed by atoms with Crippen LogP contribution in [0.1, 0.15) is 32.8 Å². The molecule has 0 unspecified atom stereocenters. The summed E-state index contributed by atoms with van der Waals surface area (Å²) in [6.07, 6.45) is 2.20. The van der Waals surface area contributed by atoms with Crippen LogP contribution in [0.3, 0.4) is 0 Å². The van der Waals surface area contributed by atoms with E-state index in [2.05, 4.69) is 46.8 Å². The third-order valence-corrected chi connectivity index (χ3v) is 4.85. The maximum Gasteiger partial charge on any atom is 0.240 e. The molecule has 0 saturated carbocycles. The highest BCUT2D eigenvalue weighted by Crippen LogP contribution is 2.25. The number of aromatic nitrogens is 1. The number of aryl methyl sites for hydroxylation is 1. The van der Waals surface area contributed by atoms with Gasteiger partial charge >= 0.3 is 0 Å². The van der Waals surface area contributed by atoms with Crippen molar-refractivity contribution in [1.82, 2.24) is 15.2 Å². The average molecular weight is 389 g/mol. The highest BCUT2D eigenvalue weighted by Gasteiger charge is 2.14. The first-order valence-corrected chi connectivity index (χ1v) is 10.3. The largest absolute Gasteiger partial charge is 0.355 e. The van der Waals surface area contributed by atoms with E-state index in [0.29, 0.717) is 18.2 Å². The van der Waals surface area contributed by atoms with Crippen LogP contribution in [0.5, 0.6) is 0 Å². The fourth-order valence-corrected chi connectivity index (χ4v) is 3.43. The summed E-state index contributed by atoms with van der Waals surface area (Å²) >= 11 is 1.40. The Kier molecular flexibility index (Phi) is 8.42. The highest BCUT2D eigenvalue weighted by atomic mass is 32.1. The highest BCUT2D eigenvalue weighted by molar-refractivity contribution is 7.14. The minimum atomic E-state index is -0.166. The van der Waals surface area contributed by atoms with Crippen molar-refractivity contribution in [2.45, 2.75) is 33.6 Å². The van der Waals surface area contributed by atoms with Crippen molar-refractivity contribution in [3.05, 3.63) is 35.2 Å². The van der Waals surface area contributed by atoms with Crippen LogP contribution in [0.15, 0.2) is 29.6 Å². The van der Waals surface area contributed by atoms with Gasteiger partial charge in [-0.3, -0.25) is 14.5 Å². The van der Waals surface area contributed by atoms with Crippen molar-refractivity contribution in [3.8, 4) is 11.3 Å². The van der Waals surface area contributed by atoms with Gasteiger partial charge in [0.25, 0.3) is 0 Å². The standard InChI is InChI=1S/C20H28N4O2S/c1-4-7-15-8-10-16(11-9-15)17-14-27-20(22-17)23-19(26)13-24(6-3)12-18(25)21-5-2/h8-11,14H,4-7,12-13H2,1-3H3,(H,21,25)(H,22,23,26). The van der Waals surface area contributed by atoms with E-state index in [1.54, 1.807) is 4.90 Å².